The van der Waals surface area contributed by atoms with E-state index in [0.29, 0.717) is 11.6 Å². The van der Waals surface area contributed by atoms with E-state index in [1.165, 1.54) is 12.3 Å². The number of aromatic amines is 1. The van der Waals surface area contributed by atoms with Gasteiger partial charge in [-0.15, -0.1) is 0 Å². The molecule has 1 aromatic heterocycles. The van der Waals surface area contributed by atoms with Crippen LogP contribution >= 0.6 is 11.8 Å². The maximum Gasteiger partial charge on any atom is 0.251 e. The highest BCUT2D eigenvalue weighted by atomic mass is 32.2. The molecule has 0 aliphatic carbocycles. The molecule has 0 bridgehead atoms. The van der Waals surface area contributed by atoms with Crippen molar-refractivity contribution in [1.82, 2.24) is 15.3 Å². The summed E-state index contributed by atoms with van der Waals surface area (Å²) in [6, 6.07) is 1.29. The van der Waals surface area contributed by atoms with Gasteiger partial charge in [-0.1, -0.05) is 11.8 Å². The second-order valence-electron chi connectivity index (χ2n) is 4.98. The van der Waals surface area contributed by atoms with E-state index in [1.807, 2.05) is 0 Å². The summed E-state index contributed by atoms with van der Waals surface area (Å²) in [4.78, 5) is 29.3. The molecule has 1 fully saturated rings. The minimum absolute atomic E-state index is 0.0309. The molecule has 0 spiro atoms. The van der Waals surface area contributed by atoms with Crippen molar-refractivity contribution in [1.29, 1.82) is 0 Å². The lowest BCUT2D eigenvalue weighted by Crippen LogP contribution is -2.47. The smallest absolute Gasteiger partial charge is 0.251 e. The van der Waals surface area contributed by atoms with Crippen LogP contribution in [0.1, 0.15) is 13.3 Å². The molecule has 7 nitrogen and oxygen atoms in total. The van der Waals surface area contributed by atoms with Gasteiger partial charge in [-0.05, 0) is 13.3 Å². The fourth-order valence-corrected chi connectivity index (χ4v) is 4.78. The van der Waals surface area contributed by atoms with E-state index in [-0.39, 0.29) is 28.7 Å². The predicted molar refractivity (Wildman–Crippen MR) is 75.4 cm³/mol. The average Bonchev–Trinajstić information content (AvgIpc) is 2.61. The fraction of sp³-hybridized carbons (Fsp3) is 0.545. The molecule has 9 heteroatoms. The van der Waals surface area contributed by atoms with Crippen LogP contribution in [0.4, 0.5) is 0 Å². The van der Waals surface area contributed by atoms with Gasteiger partial charge in [0.15, 0.2) is 15.0 Å². The number of carbonyl (C=O) groups excluding carboxylic acids is 1. The lowest BCUT2D eigenvalue weighted by Gasteiger charge is -2.23. The SMILES string of the molecule is C[C@]1(NC(=O)CSc2nccc(=O)[nH]2)CCS(=O)(=O)C1. The van der Waals surface area contributed by atoms with Gasteiger partial charge >= 0.3 is 0 Å². The number of hydrogen-bond acceptors (Lipinski definition) is 6. The molecule has 0 aromatic carbocycles. The molecule has 2 heterocycles. The minimum atomic E-state index is -3.05. The predicted octanol–water partition coefficient (Wildman–Crippen LogP) is -0.445. The van der Waals surface area contributed by atoms with Crippen LogP contribution in [-0.2, 0) is 14.6 Å². The van der Waals surface area contributed by atoms with Gasteiger partial charge in [-0.2, -0.15) is 0 Å². The van der Waals surface area contributed by atoms with Gasteiger partial charge in [0, 0.05) is 12.3 Å². The van der Waals surface area contributed by atoms with Gasteiger partial charge < -0.3 is 10.3 Å². The highest BCUT2D eigenvalue weighted by Gasteiger charge is 2.39. The highest BCUT2D eigenvalue weighted by Crippen LogP contribution is 2.23. The van der Waals surface area contributed by atoms with Gasteiger partial charge in [-0.25, -0.2) is 13.4 Å². The number of rotatable bonds is 4. The monoisotopic (exact) mass is 317 g/mol. The number of thioether (sulfide) groups is 1. The standard InChI is InChI=1S/C11H15N3O4S2/c1-11(3-5-20(17,18)7-11)14-9(16)6-19-10-12-4-2-8(15)13-10/h2,4H,3,5-7H2,1H3,(H,14,16)(H,12,13,15)/t11-/m0/s1. The van der Waals surface area contributed by atoms with E-state index in [4.69, 9.17) is 0 Å². The molecule has 0 saturated carbocycles. The molecule has 1 atom stereocenters. The van der Waals surface area contributed by atoms with Crippen molar-refractivity contribution in [3.05, 3.63) is 22.6 Å². The summed E-state index contributed by atoms with van der Waals surface area (Å²) in [5.41, 5.74) is -0.981. The molecular weight excluding hydrogens is 302 g/mol. The van der Waals surface area contributed by atoms with Gasteiger partial charge in [0.25, 0.3) is 5.56 Å². The third-order valence-corrected chi connectivity index (χ3v) is 5.72. The molecule has 2 N–H and O–H groups in total. The Morgan fingerprint density at radius 2 is 2.35 bits per heavy atom. The van der Waals surface area contributed by atoms with Crippen molar-refractivity contribution >= 4 is 27.5 Å². The van der Waals surface area contributed by atoms with Gasteiger partial charge in [0.1, 0.15) is 0 Å². The highest BCUT2D eigenvalue weighted by molar-refractivity contribution is 7.99. The van der Waals surface area contributed by atoms with E-state index in [1.54, 1.807) is 6.92 Å². The molecule has 1 amide bonds. The minimum Gasteiger partial charge on any atom is -0.349 e. The van der Waals surface area contributed by atoms with Crippen molar-refractivity contribution in [2.24, 2.45) is 0 Å². The lowest BCUT2D eigenvalue weighted by molar-refractivity contribution is -0.120. The number of sulfone groups is 1. The largest absolute Gasteiger partial charge is 0.349 e. The first kappa shape index (κ1) is 15.0. The number of H-pyrrole nitrogens is 1. The van der Waals surface area contributed by atoms with Crippen molar-refractivity contribution < 1.29 is 13.2 Å². The number of hydrogen-bond donors (Lipinski definition) is 2. The van der Waals surface area contributed by atoms with Crippen molar-refractivity contribution in [3.8, 4) is 0 Å². The zero-order valence-electron chi connectivity index (χ0n) is 10.9. The molecule has 2 rings (SSSR count). The quantitative estimate of drug-likeness (QED) is 0.575. The second kappa shape index (κ2) is 5.57. The average molecular weight is 317 g/mol. The van der Waals surface area contributed by atoms with Crippen LogP contribution in [0.3, 0.4) is 0 Å². The van der Waals surface area contributed by atoms with Crippen molar-refractivity contribution in [3.63, 3.8) is 0 Å². The maximum absolute atomic E-state index is 11.8. The van der Waals surface area contributed by atoms with E-state index < -0.39 is 15.4 Å². The number of carbonyl (C=O) groups is 1. The van der Waals surface area contributed by atoms with E-state index in [9.17, 15) is 18.0 Å². The molecule has 110 valence electrons. The number of nitrogens with one attached hydrogen (secondary N) is 2. The zero-order valence-corrected chi connectivity index (χ0v) is 12.5. The molecule has 20 heavy (non-hydrogen) atoms. The summed E-state index contributed by atoms with van der Waals surface area (Å²) in [6.07, 6.45) is 1.79. The van der Waals surface area contributed by atoms with Crippen LogP contribution in [0.2, 0.25) is 0 Å². The Labute approximate surface area is 120 Å². The molecular formula is C11H15N3O4S2. The fourth-order valence-electron chi connectivity index (χ4n) is 2.04. The van der Waals surface area contributed by atoms with Crippen molar-refractivity contribution in [2.45, 2.75) is 24.0 Å². The van der Waals surface area contributed by atoms with Crippen LogP contribution in [-0.4, -0.2) is 47.1 Å². The first-order valence-corrected chi connectivity index (χ1v) is 8.78. The Kier molecular flexibility index (Phi) is 4.19. The van der Waals surface area contributed by atoms with Gasteiger partial charge in [0.05, 0.1) is 22.8 Å². The van der Waals surface area contributed by atoms with Crippen LogP contribution in [0, 0.1) is 0 Å². The Morgan fingerprint density at radius 3 is 2.95 bits per heavy atom. The second-order valence-corrected chi connectivity index (χ2v) is 8.13. The number of amides is 1. The molecule has 0 unspecified atom stereocenters. The van der Waals surface area contributed by atoms with E-state index in [2.05, 4.69) is 15.3 Å². The molecule has 0 radical (unpaired) electrons. The summed E-state index contributed by atoms with van der Waals surface area (Å²) in [5.74, 6) is -0.134. The summed E-state index contributed by atoms with van der Waals surface area (Å²) in [7, 11) is -3.05. The first-order valence-electron chi connectivity index (χ1n) is 5.98. The van der Waals surface area contributed by atoms with Crippen LogP contribution in [0.25, 0.3) is 0 Å². The van der Waals surface area contributed by atoms with E-state index >= 15 is 0 Å². The van der Waals surface area contributed by atoms with Crippen LogP contribution in [0.15, 0.2) is 22.2 Å². The third kappa shape index (κ3) is 4.07. The first-order chi connectivity index (χ1) is 9.28. The number of aromatic nitrogens is 2. The molecule has 1 aliphatic rings. The Bertz CT molecular complexity index is 670. The van der Waals surface area contributed by atoms with Crippen molar-refractivity contribution in [2.75, 3.05) is 17.3 Å². The maximum atomic E-state index is 11.8. The topological polar surface area (TPSA) is 109 Å². The zero-order chi connectivity index (χ0) is 14.8. The third-order valence-electron chi connectivity index (χ3n) is 2.93. The number of nitrogens with zero attached hydrogens (tertiary/aromatic N) is 1. The van der Waals surface area contributed by atoms with Gasteiger partial charge in [0.2, 0.25) is 5.91 Å². The Hall–Kier alpha value is -1.35. The normalized spacial score (nSPS) is 24.4. The lowest BCUT2D eigenvalue weighted by atomic mass is 10.0. The summed E-state index contributed by atoms with van der Waals surface area (Å²) in [5, 5.41) is 3.10. The van der Waals surface area contributed by atoms with Crippen LogP contribution in [0.5, 0.6) is 0 Å². The molecule has 1 aliphatic heterocycles. The molecule has 1 saturated heterocycles. The van der Waals surface area contributed by atoms with Gasteiger partial charge in [-0.3, -0.25) is 9.59 Å². The van der Waals surface area contributed by atoms with E-state index in [0.717, 1.165) is 11.8 Å². The Morgan fingerprint density at radius 1 is 1.60 bits per heavy atom. The summed E-state index contributed by atoms with van der Waals surface area (Å²) >= 11 is 1.10. The van der Waals surface area contributed by atoms with Crippen LogP contribution < -0.4 is 10.9 Å². The summed E-state index contributed by atoms with van der Waals surface area (Å²) < 4.78 is 22.9. The Balaban J connectivity index is 1.89. The molecule has 1 aromatic rings. The summed E-state index contributed by atoms with van der Waals surface area (Å²) in [6.45, 7) is 1.72.